The van der Waals surface area contributed by atoms with Gasteiger partial charge in [-0.25, -0.2) is 4.99 Å². The van der Waals surface area contributed by atoms with E-state index in [1.54, 1.807) is 19.4 Å². The summed E-state index contributed by atoms with van der Waals surface area (Å²) in [5.41, 5.74) is 2.19. The Labute approximate surface area is 160 Å². The van der Waals surface area contributed by atoms with Crippen LogP contribution >= 0.6 is 24.0 Å². The molecule has 0 aliphatic rings. The van der Waals surface area contributed by atoms with Crippen LogP contribution < -0.4 is 15.4 Å². The van der Waals surface area contributed by atoms with E-state index >= 15 is 0 Å². The van der Waals surface area contributed by atoms with Crippen LogP contribution in [-0.4, -0.2) is 24.6 Å². The van der Waals surface area contributed by atoms with E-state index < -0.39 is 0 Å². The molecule has 0 unspecified atom stereocenters. The van der Waals surface area contributed by atoms with Crippen molar-refractivity contribution < 1.29 is 4.74 Å². The van der Waals surface area contributed by atoms with E-state index in [-0.39, 0.29) is 24.0 Å². The average molecular weight is 438 g/mol. The van der Waals surface area contributed by atoms with E-state index in [9.17, 15) is 0 Å². The smallest absolute Gasteiger partial charge is 0.192 e. The number of hydrogen-bond acceptors (Lipinski definition) is 3. The molecule has 0 atom stereocenters. The first-order chi connectivity index (χ1) is 11.3. The lowest BCUT2D eigenvalue weighted by atomic mass is 10.2. The minimum Gasteiger partial charge on any atom is -0.497 e. The molecule has 0 saturated heterocycles. The number of nitrogens with zero attached hydrogens (tertiary/aromatic N) is 2. The molecule has 1 aromatic heterocycles. The zero-order valence-corrected chi connectivity index (χ0v) is 16.1. The van der Waals surface area contributed by atoms with Gasteiger partial charge in [0.05, 0.1) is 13.7 Å². The van der Waals surface area contributed by atoms with Gasteiger partial charge in [-0.3, -0.25) is 4.98 Å². The molecule has 0 radical (unpaired) electrons. The lowest BCUT2D eigenvalue weighted by molar-refractivity contribution is 0.414. The largest absolute Gasteiger partial charge is 0.497 e. The van der Waals surface area contributed by atoms with Crippen molar-refractivity contribution in [3.05, 3.63) is 72.6 Å². The van der Waals surface area contributed by atoms with Crippen molar-refractivity contribution in [1.82, 2.24) is 15.6 Å². The van der Waals surface area contributed by atoms with Gasteiger partial charge in [-0.15, -0.1) is 30.6 Å². The molecule has 0 saturated carbocycles. The van der Waals surface area contributed by atoms with Gasteiger partial charge in [0.2, 0.25) is 0 Å². The maximum Gasteiger partial charge on any atom is 0.192 e. The normalized spacial score (nSPS) is 10.5. The first-order valence-electron chi connectivity index (χ1n) is 7.46. The van der Waals surface area contributed by atoms with Crippen LogP contribution in [0.15, 0.2) is 66.4 Å². The molecule has 128 valence electrons. The summed E-state index contributed by atoms with van der Waals surface area (Å²) < 4.78 is 5.24. The third kappa shape index (κ3) is 6.99. The molecule has 1 heterocycles. The molecule has 24 heavy (non-hydrogen) atoms. The number of aliphatic imine (C=N–C) groups is 1. The Kier molecular flexibility index (Phi) is 9.52. The fourth-order valence-electron chi connectivity index (χ4n) is 1.97. The van der Waals surface area contributed by atoms with Gasteiger partial charge >= 0.3 is 0 Å². The molecule has 1 aromatic carbocycles. The van der Waals surface area contributed by atoms with Gasteiger partial charge in [0, 0.05) is 25.5 Å². The van der Waals surface area contributed by atoms with Gasteiger partial charge in [0.25, 0.3) is 0 Å². The third-order valence-electron chi connectivity index (χ3n) is 3.15. The maximum atomic E-state index is 5.24. The number of guanidine groups is 1. The highest BCUT2D eigenvalue weighted by atomic mass is 127. The molecule has 2 aromatic rings. The Morgan fingerprint density at radius 1 is 1.25 bits per heavy atom. The van der Waals surface area contributed by atoms with Gasteiger partial charge in [0.15, 0.2) is 5.96 Å². The maximum absolute atomic E-state index is 5.24. The zero-order chi connectivity index (χ0) is 16.3. The van der Waals surface area contributed by atoms with Crippen LogP contribution in [0.1, 0.15) is 11.1 Å². The van der Waals surface area contributed by atoms with Crippen molar-refractivity contribution in [3.63, 3.8) is 0 Å². The standard InChI is InChI=1S/C18H22N4O.HI/c1-3-9-20-18(22-14-16-7-5-10-19-12-16)21-13-15-6-4-8-17(11-15)23-2;/h3-8,10-12H,1,9,13-14H2,2H3,(H2,20,21,22);1H. The van der Waals surface area contributed by atoms with Gasteiger partial charge in [-0.2, -0.15) is 0 Å². The lowest BCUT2D eigenvalue weighted by Crippen LogP contribution is -2.37. The minimum absolute atomic E-state index is 0. The number of ether oxygens (including phenoxy) is 1. The van der Waals surface area contributed by atoms with E-state index in [0.29, 0.717) is 19.6 Å². The number of pyridine rings is 1. The summed E-state index contributed by atoms with van der Waals surface area (Å²) in [4.78, 5) is 8.66. The summed E-state index contributed by atoms with van der Waals surface area (Å²) in [5, 5.41) is 6.52. The number of halogens is 1. The summed E-state index contributed by atoms with van der Waals surface area (Å²) >= 11 is 0. The van der Waals surface area contributed by atoms with Crippen molar-refractivity contribution in [3.8, 4) is 5.75 Å². The molecule has 2 rings (SSSR count). The number of aromatic nitrogens is 1. The van der Waals surface area contributed by atoms with Crippen LogP contribution in [0.5, 0.6) is 5.75 Å². The monoisotopic (exact) mass is 438 g/mol. The number of hydrogen-bond donors (Lipinski definition) is 2. The van der Waals surface area contributed by atoms with Gasteiger partial charge in [-0.05, 0) is 29.3 Å². The summed E-state index contributed by atoms with van der Waals surface area (Å²) in [6.07, 6.45) is 5.37. The predicted molar refractivity (Wildman–Crippen MR) is 109 cm³/mol. The Morgan fingerprint density at radius 3 is 2.79 bits per heavy atom. The van der Waals surface area contributed by atoms with Crippen molar-refractivity contribution in [2.75, 3.05) is 13.7 Å². The molecule has 5 nitrogen and oxygen atoms in total. The Bertz CT molecular complexity index is 646. The summed E-state index contributed by atoms with van der Waals surface area (Å²) in [6.45, 7) is 5.60. The van der Waals surface area contributed by atoms with Crippen LogP contribution in [-0.2, 0) is 13.1 Å². The fraction of sp³-hybridized carbons (Fsp3) is 0.222. The highest BCUT2D eigenvalue weighted by Gasteiger charge is 2.00. The first-order valence-corrected chi connectivity index (χ1v) is 7.46. The summed E-state index contributed by atoms with van der Waals surface area (Å²) in [5.74, 6) is 1.58. The van der Waals surface area contributed by atoms with E-state index in [2.05, 4.69) is 27.2 Å². The molecule has 6 heteroatoms. The van der Waals surface area contributed by atoms with E-state index in [1.165, 1.54) is 0 Å². The molecular weight excluding hydrogens is 415 g/mol. The van der Waals surface area contributed by atoms with E-state index in [1.807, 2.05) is 42.6 Å². The first kappa shape index (κ1) is 20.0. The van der Waals surface area contributed by atoms with Crippen LogP contribution in [0.3, 0.4) is 0 Å². The lowest BCUT2D eigenvalue weighted by Gasteiger charge is -2.12. The van der Waals surface area contributed by atoms with Crippen molar-refractivity contribution in [2.24, 2.45) is 4.99 Å². The van der Waals surface area contributed by atoms with Gasteiger partial charge < -0.3 is 15.4 Å². The van der Waals surface area contributed by atoms with Gasteiger partial charge in [0.1, 0.15) is 5.75 Å². The summed E-state index contributed by atoms with van der Waals surface area (Å²) in [7, 11) is 1.67. The van der Waals surface area contributed by atoms with Crippen LogP contribution in [0.4, 0.5) is 0 Å². The number of rotatable bonds is 7. The predicted octanol–water partition coefficient (Wildman–Crippen LogP) is 3.13. The van der Waals surface area contributed by atoms with Crippen molar-refractivity contribution in [2.45, 2.75) is 13.1 Å². The molecule has 0 amide bonds. The summed E-state index contributed by atoms with van der Waals surface area (Å²) in [6, 6.07) is 11.9. The number of benzene rings is 1. The molecule has 2 N–H and O–H groups in total. The number of nitrogens with one attached hydrogen (secondary N) is 2. The highest BCUT2D eigenvalue weighted by molar-refractivity contribution is 14.0. The van der Waals surface area contributed by atoms with Gasteiger partial charge in [-0.1, -0.05) is 24.3 Å². The average Bonchev–Trinajstić information content (AvgIpc) is 2.62. The molecule has 0 aliphatic carbocycles. The fourth-order valence-corrected chi connectivity index (χ4v) is 1.97. The van der Waals surface area contributed by atoms with Crippen molar-refractivity contribution in [1.29, 1.82) is 0 Å². The number of methoxy groups -OCH3 is 1. The Balaban J connectivity index is 0.00000288. The van der Waals surface area contributed by atoms with Crippen LogP contribution in [0.25, 0.3) is 0 Å². The topological polar surface area (TPSA) is 58.5 Å². The van der Waals surface area contributed by atoms with E-state index in [4.69, 9.17) is 4.74 Å². The second-order valence-corrected chi connectivity index (χ2v) is 4.90. The Hall–Kier alpha value is -2.09. The minimum atomic E-state index is 0. The second kappa shape index (κ2) is 11.4. The van der Waals surface area contributed by atoms with Crippen LogP contribution in [0.2, 0.25) is 0 Å². The zero-order valence-electron chi connectivity index (χ0n) is 13.7. The molecule has 0 spiro atoms. The molecule has 0 bridgehead atoms. The quantitative estimate of drug-likeness (QED) is 0.302. The molecule has 0 fully saturated rings. The third-order valence-corrected chi connectivity index (χ3v) is 3.15. The molecular formula is C18H23IN4O. The van der Waals surface area contributed by atoms with Crippen LogP contribution in [0, 0.1) is 0 Å². The molecule has 0 aliphatic heterocycles. The highest BCUT2D eigenvalue weighted by Crippen LogP contribution is 2.12. The SMILES string of the molecule is C=CCNC(=NCc1cccnc1)NCc1cccc(OC)c1.I. The Morgan fingerprint density at radius 2 is 2.08 bits per heavy atom. The second-order valence-electron chi connectivity index (χ2n) is 4.90. The van der Waals surface area contributed by atoms with Crippen molar-refractivity contribution >= 4 is 29.9 Å². The van der Waals surface area contributed by atoms with E-state index in [0.717, 1.165) is 22.8 Å².